The molecule has 0 spiro atoms. The predicted octanol–water partition coefficient (Wildman–Crippen LogP) is 3.24. The summed E-state index contributed by atoms with van der Waals surface area (Å²) in [4.78, 5) is 24.6. The van der Waals surface area contributed by atoms with Crippen molar-refractivity contribution in [2.75, 3.05) is 0 Å². The third-order valence-corrected chi connectivity index (χ3v) is 5.95. The van der Waals surface area contributed by atoms with Crippen LogP contribution in [0.3, 0.4) is 0 Å². The van der Waals surface area contributed by atoms with Crippen molar-refractivity contribution in [3.8, 4) is 0 Å². The van der Waals surface area contributed by atoms with E-state index in [-0.39, 0.29) is 23.4 Å². The molecule has 3 fully saturated rings. The number of Topliss-reactive ketones (excluding diaryl/α,β-unsaturated/α-hetero) is 2. The van der Waals surface area contributed by atoms with Crippen molar-refractivity contribution in [1.29, 1.82) is 0 Å². The van der Waals surface area contributed by atoms with Gasteiger partial charge in [0.1, 0.15) is 0 Å². The second kappa shape index (κ2) is 4.47. The molecule has 6 unspecified atom stereocenters. The molecule has 0 heterocycles. The summed E-state index contributed by atoms with van der Waals surface area (Å²) >= 11 is 0. The Kier molecular flexibility index (Phi) is 3.07. The number of rotatable bonds is 0. The van der Waals surface area contributed by atoms with Gasteiger partial charge in [0.15, 0.2) is 0 Å². The Labute approximate surface area is 110 Å². The highest BCUT2D eigenvalue weighted by atomic mass is 16.2. The van der Waals surface area contributed by atoms with E-state index in [4.69, 9.17) is 0 Å². The summed E-state index contributed by atoms with van der Waals surface area (Å²) in [7, 11) is 0. The summed E-state index contributed by atoms with van der Waals surface area (Å²) in [5, 5.41) is 0. The van der Waals surface area contributed by atoms with Crippen LogP contribution in [0.25, 0.3) is 0 Å². The lowest BCUT2D eigenvalue weighted by Crippen LogP contribution is -2.54. The molecule has 2 heteroatoms. The average molecular weight is 248 g/mol. The summed E-state index contributed by atoms with van der Waals surface area (Å²) in [6.45, 7) is 4.61. The number of carbonyl (C=O) groups is 2. The van der Waals surface area contributed by atoms with Gasteiger partial charge in [-0.3, -0.25) is 9.59 Å². The van der Waals surface area contributed by atoms with Crippen LogP contribution < -0.4 is 0 Å². The largest absolute Gasteiger partial charge is 0.291 e. The highest BCUT2D eigenvalue weighted by molar-refractivity contribution is 6.39. The van der Waals surface area contributed by atoms with Gasteiger partial charge in [-0.2, -0.15) is 0 Å². The van der Waals surface area contributed by atoms with E-state index in [2.05, 4.69) is 13.8 Å². The summed E-state index contributed by atoms with van der Waals surface area (Å²) < 4.78 is 0. The van der Waals surface area contributed by atoms with Crippen LogP contribution in [0, 0.1) is 35.5 Å². The van der Waals surface area contributed by atoms with Gasteiger partial charge in [0.05, 0.1) is 0 Å². The van der Waals surface area contributed by atoms with E-state index < -0.39 is 0 Å². The topological polar surface area (TPSA) is 34.1 Å². The molecule has 0 aromatic carbocycles. The zero-order valence-electron chi connectivity index (χ0n) is 11.5. The van der Waals surface area contributed by atoms with Crippen LogP contribution in [-0.4, -0.2) is 11.6 Å². The van der Waals surface area contributed by atoms with Crippen molar-refractivity contribution < 1.29 is 9.59 Å². The molecule has 2 nitrogen and oxygen atoms in total. The highest BCUT2D eigenvalue weighted by Crippen LogP contribution is 2.52. The zero-order valence-corrected chi connectivity index (χ0v) is 11.5. The van der Waals surface area contributed by atoms with Crippen LogP contribution in [-0.2, 0) is 9.59 Å². The first kappa shape index (κ1) is 12.4. The van der Waals surface area contributed by atoms with Gasteiger partial charge < -0.3 is 0 Å². The van der Waals surface area contributed by atoms with Crippen molar-refractivity contribution in [1.82, 2.24) is 0 Å². The van der Waals surface area contributed by atoms with Gasteiger partial charge in [0, 0.05) is 11.8 Å². The number of hydrogen-bond donors (Lipinski definition) is 0. The number of hydrogen-bond acceptors (Lipinski definition) is 2. The fraction of sp³-hybridized carbons (Fsp3) is 0.875. The Bertz CT molecular complexity index is 337. The highest BCUT2D eigenvalue weighted by Gasteiger charge is 2.54. The van der Waals surface area contributed by atoms with Crippen LogP contribution in [0.15, 0.2) is 0 Å². The van der Waals surface area contributed by atoms with Crippen LogP contribution >= 0.6 is 0 Å². The van der Waals surface area contributed by atoms with Gasteiger partial charge in [0.25, 0.3) is 0 Å². The van der Waals surface area contributed by atoms with E-state index in [1.165, 1.54) is 12.8 Å². The van der Waals surface area contributed by atoms with E-state index in [1.54, 1.807) is 0 Å². The maximum absolute atomic E-state index is 12.3. The van der Waals surface area contributed by atoms with E-state index >= 15 is 0 Å². The Morgan fingerprint density at radius 3 is 1.50 bits per heavy atom. The fourth-order valence-corrected chi connectivity index (χ4v) is 5.15. The Morgan fingerprint density at radius 1 is 0.722 bits per heavy atom. The van der Waals surface area contributed by atoms with Crippen molar-refractivity contribution in [3.05, 3.63) is 0 Å². The zero-order chi connectivity index (χ0) is 12.9. The fourth-order valence-electron chi connectivity index (χ4n) is 5.15. The molecule has 18 heavy (non-hydrogen) atoms. The Balaban J connectivity index is 1.98. The smallest absolute Gasteiger partial charge is 0.202 e. The molecule has 0 aliphatic heterocycles. The molecule has 0 bridgehead atoms. The number of ketones is 2. The molecule has 0 N–H and O–H groups in total. The van der Waals surface area contributed by atoms with E-state index in [0.717, 1.165) is 25.7 Å². The molecule has 0 amide bonds. The van der Waals surface area contributed by atoms with Gasteiger partial charge in [0.2, 0.25) is 11.6 Å². The number of carbonyl (C=O) groups excluding carboxylic acids is 2. The minimum absolute atomic E-state index is 0.0121. The predicted molar refractivity (Wildman–Crippen MR) is 70.0 cm³/mol. The minimum Gasteiger partial charge on any atom is -0.291 e. The first-order valence-electron chi connectivity index (χ1n) is 7.69. The van der Waals surface area contributed by atoms with Gasteiger partial charge >= 0.3 is 0 Å². The maximum atomic E-state index is 12.3. The summed E-state index contributed by atoms with van der Waals surface area (Å²) in [6, 6.07) is 0. The van der Waals surface area contributed by atoms with Crippen molar-refractivity contribution >= 4 is 11.6 Å². The summed E-state index contributed by atoms with van der Waals surface area (Å²) in [5.41, 5.74) is 0. The van der Waals surface area contributed by atoms with E-state index in [1.807, 2.05) is 0 Å². The third-order valence-electron chi connectivity index (χ3n) is 5.95. The normalized spacial score (nSPS) is 48.6. The quantitative estimate of drug-likeness (QED) is 0.617. The monoisotopic (exact) mass is 248 g/mol. The van der Waals surface area contributed by atoms with Crippen molar-refractivity contribution in [2.45, 2.75) is 52.4 Å². The molecule has 3 aliphatic carbocycles. The molecule has 6 atom stereocenters. The maximum Gasteiger partial charge on any atom is 0.202 e. The first-order valence-corrected chi connectivity index (χ1v) is 7.69. The summed E-state index contributed by atoms with van der Waals surface area (Å²) in [6.07, 6.45) is 6.70. The Morgan fingerprint density at radius 2 is 1.11 bits per heavy atom. The van der Waals surface area contributed by atoms with Crippen molar-refractivity contribution in [3.63, 3.8) is 0 Å². The van der Waals surface area contributed by atoms with Gasteiger partial charge in [-0.15, -0.1) is 0 Å². The minimum atomic E-state index is -0.0121. The molecular weight excluding hydrogens is 224 g/mol. The molecule has 0 aromatic rings. The van der Waals surface area contributed by atoms with E-state index in [0.29, 0.717) is 23.7 Å². The van der Waals surface area contributed by atoms with Crippen LogP contribution in [0.4, 0.5) is 0 Å². The number of fused-ring (bicyclic) bond motifs is 3. The lowest BCUT2D eigenvalue weighted by molar-refractivity contribution is -0.155. The molecule has 3 rings (SSSR count). The average Bonchev–Trinajstić information content (AvgIpc) is 2.36. The second-order valence-electron chi connectivity index (χ2n) is 6.91. The van der Waals surface area contributed by atoms with Crippen LogP contribution in [0.2, 0.25) is 0 Å². The Hall–Kier alpha value is -0.660. The second-order valence-corrected chi connectivity index (χ2v) is 6.91. The van der Waals surface area contributed by atoms with Gasteiger partial charge in [-0.05, 0) is 36.5 Å². The lowest BCUT2D eigenvalue weighted by atomic mass is 9.52. The third kappa shape index (κ3) is 1.68. The van der Waals surface area contributed by atoms with Crippen molar-refractivity contribution in [2.24, 2.45) is 35.5 Å². The molecule has 0 aromatic heterocycles. The van der Waals surface area contributed by atoms with Crippen LogP contribution in [0.1, 0.15) is 52.4 Å². The SMILES string of the molecule is CC1CCCC2C(=O)C(=O)C3CCCC(C)C3C12. The van der Waals surface area contributed by atoms with Gasteiger partial charge in [-0.1, -0.05) is 39.5 Å². The summed E-state index contributed by atoms with van der Waals surface area (Å²) in [5.74, 6) is 2.39. The standard InChI is InChI=1S/C16H24O2/c1-9-5-3-7-11-13(9)14-10(2)6-4-8-12(14)16(18)15(11)17/h9-14H,3-8H2,1-2H3. The molecule has 100 valence electrons. The first-order chi connectivity index (χ1) is 8.61. The van der Waals surface area contributed by atoms with Gasteiger partial charge in [-0.25, -0.2) is 0 Å². The molecule has 0 saturated heterocycles. The van der Waals surface area contributed by atoms with Crippen LogP contribution in [0.5, 0.6) is 0 Å². The molecule has 0 radical (unpaired) electrons. The molecular formula is C16H24O2. The van der Waals surface area contributed by atoms with E-state index in [9.17, 15) is 9.59 Å². The molecule has 3 aliphatic rings. The molecule has 3 saturated carbocycles. The lowest BCUT2D eigenvalue weighted by Gasteiger charge is -2.51.